The Morgan fingerprint density at radius 1 is 1.22 bits per heavy atom. The van der Waals surface area contributed by atoms with E-state index in [0.29, 0.717) is 12.1 Å². The van der Waals surface area contributed by atoms with Gasteiger partial charge < -0.3 is 4.90 Å². The first kappa shape index (κ1) is 18.8. The van der Waals surface area contributed by atoms with Gasteiger partial charge >= 0.3 is 0 Å². The van der Waals surface area contributed by atoms with Gasteiger partial charge in [-0.25, -0.2) is 0 Å². The Bertz CT molecular complexity index is 917. The molecule has 0 unspecified atom stereocenters. The molecule has 0 saturated heterocycles. The van der Waals surface area contributed by atoms with Crippen LogP contribution in [0.25, 0.3) is 11.1 Å². The lowest BCUT2D eigenvalue weighted by Crippen LogP contribution is -2.38. The van der Waals surface area contributed by atoms with Gasteiger partial charge in [-0.2, -0.15) is 5.10 Å². The van der Waals surface area contributed by atoms with E-state index in [9.17, 15) is 4.79 Å². The summed E-state index contributed by atoms with van der Waals surface area (Å²) in [5.41, 5.74) is 4.59. The number of hydrogen-bond donors (Lipinski definition) is 0. The molecule has 1 atom stereocenters. The number of aromatic nitrogens is 3. The highest BCUT2D eigenvalue weighted by Crippen LogP contribution is 2.24. The van der Waals surface area contributed by atoms with Crippen LogP contribution < -0.4 is 0 Å². The van der Waals surface area contributed by atoms with Crippen LogP contribution in [0.1, 0.15) is 42.0 Å². The summed E-state index contributed by atoms with van der Waals surface area (Å²) >= 11 is 0. The Balaban J connectivity index is 1.92. The van der Waals surface area contributed by atoms with E-state index in [-0.39, 0.29) is 11.9 Å². The van der Waals surface area contributed by atoms with Gasteiger partial charge in [0, 0.05) is 36.6 Å². The Labute approximate surface area is 160 Å². The van der Waals surface area contributed by atoms with Crippen LogP contribution in [0.2, 0.25) is 0 Å². The Kier molecular flexibility index (Phi) is 5.69. The normalized spacial score (nSPS) is 12.0. The molecule has 0 aliphatic rings. The molecule has 5 nitrogen and oxygen atoms in total. The van der Waals surface area contributed by atoms with E-state index >= 15 is 0 Å². The number of pyridine rings is 1. The maximum Gasteiger partial charge on any atom is 0.254 e. The van der Waals surface area contributed by atoms with Gasteiger partial charge in [-0.1, -0.05) is 25.1 Å². The third-order valence-corrected chi connectivity index (χ3v) is 4.88. The maximum atomic E-state index is 13.3. The minimum absolute atomic E-state index is 0.0263. The average molecular weight is 362 g/mol. The fourth-order valence-electron chi connectivity index (χ4n) is 3.18. The van der Waals surface area contributed by atoms with E-state index in [2.05, 4.69) is 23.9 Å². The molecule has 0 aliphatic heterocycles. The smallest absolute Gasteiger partial charge is 0.254 e. The van der Waals surface area contributed by atoms with Crippen molar-refractivity contribution in [2.75, 3.05) is 0 Å². The molecule has 5 heteroatoms. The second-order valence-electron chi connectivity index (χ2n) is 6.89. The van der Waals surface area contributed by atoms with Crippen molar-refractivity contribution in [2.24, 2.45) is 7.05 Å². The van der Waals surface area contributed by atoms with Gasteiger partial charge in [0.2, 0.25) is 0 Å². The topological polar surface area (TPSA) is 51.0 Å². The zero-order chi connectivity index (χ0) is 19.4. The van der Waals surface area contributed by atoms with E-state index in [4.69, 9.17) is 0 Å². The molecule has 0 fully saturated rings. The first-order chi connectivity index (χ1) is 13.0. The first-order valence-electron chi connectivity index (χ1n) is 9.31. The van der Waals surface area contributed by atoms with E-state index in [1.165, 1.54) is 0 Å². The third kappa shape index (κ3) is 4.25. The van der Waals surface area contributed by atoms with Gasteiger partial charge in [0.05, 0.1) is 17.9 Å². The van der Waals surface area contributed by atoms with Crippen LogP contribution in [0.5, 0.6) is 0 Å². The van der Waals surface area contributed by atoms with Gasteiger partial charge in [0.15, 0.2) is 0 Å². The summed E-state index contributed by atoms with van der Waals surface area (Å²) < 4.78 is 1.80. The lowest BCUT2D eigenvalue weighted by atomic mass is 10.0. The molecule has 3 rings (SSSR count). The van der Waals surface area contributed by atoms with Crippen molar-refractivity contribution in [3.05, 3.63) is 71.8 Å². The van der Waals surface area contributed by atoms with Gasteiger partial charge in [0.25, 0.3) is 5.91 Å². The standard InChI is InChI=1S/C22H26N4O/c1-5-16(2)26(14-20-11-6-7-12-23-20)22(27)19-10-8-9-18(13-19)21-15-25(4)24-17(21)3/h6-13,15-16H,5,14H2,1-4H3/t16-/m0/s1. The predicted molar refractivity (Wildman–Crippen MR) is 107 cm³/mol. The molecule has 0 N–H and O–H groups in total. The average Bonchev–Trinajstić information content (AvgIpc) is 3.04. The predicted octanol–water partition coefficient (Wildman–Crippen LogP) is 4.23. The van der Waals surface area contributed by atoms with E-state index < -0.39 is 0 Å². The van der Waals surface area contributed by atoms with Crippen LogP contribution in [0, 0.1) is 6.92 Å². The second kappa shape index (κ2) is 8.16. The lowest BCUT2D eigenvalue weighted by Gasteiger charge is -2.28. The van der Waals surface area contributed by atoms with Crippen molar-refractivity contribution in [1.82, 2.24) is 19.7 Å². The number of aryl methyl sites for hydroxylation is 2. The number of hydrogen-bond acceptors (Lipinski definition) is 3. The molecule has 1 aromatic carbocycles. The first-order valence-corrected chi connectivity index (χ1v) is 9.31. The minimum atomic E-state index is 0.0263. The van der Waals surface area contributed by atoms with Crippen molar-refractivity contribution < 1.29 is 4.79 Å². The molecule has 0 bridgehead atoms. The molecule has 0 radical (unpaired) electrons. The molecular weight excluding hydrogens is 336 g/mol. The fourth-order valence-corrected chi connectivity index (χ4v) is 3.18. The Morgan fingerprint density at radius 3 is 2.67 bits per heavy atom. The number of benzene rings is 1. The second-order valence-corrected chi connectivity index (χ2v) is 6.89. The molecule has 0 aliphatic carbocycles. The third-order valence-electron chi connectivity index (χ3n) is 4.88. The molecule has 0 spiro atoms. The summed E-state index contributed by atoms with van der Waals surface area (Å²) in [4.78, 5) is 19.6. The van der Waals surface area contributed by atoms with Crippen LogP contribution in [0.15, 0.2) is 54.9 Å². The fraction of sp³-hybridized carbons (Fsp3) is 0.318. The molecule has 140 valence electrons. The molecule has 2 aromatic heterocycles. The summed E-state index contributed by atoms with van der Waals surface area (Å²) in [6.45, 7) is 6.66. The molecule has 27 heavy (non-hydrogen) atoms. The van der Waals surface area contributed by atoms with Crippen molar-refractivity contribution in [3.63, 3.8) is 0 Å². The SMILES string of the molecule is CC[C@H](C)N(Cc1ccccn1)C(=O)c1cccc(-c2cn(C)nc2C)c1. The zero-order valence-electron chi connectivity index (χ0n) is 16.4. The van der Waals surface area contributed by atoms with Crippen LogP contribution in [-0.2, 0) is 13.6 Å². The summed E-state index contributed by atoms with van der Waals surface area (Å²) in [6, 6.07) is 13.7. The summed E-state index contributed by atoms with van der Waals surface area (Å²) in [7, 11) is 1.91. The highest BCUT2D eigenvalue weighted by Gasteiger charge is 2.22. The van der Waals surface area contributed by atoms with Crippen LogP contribution in [0.3, 0.4) is 0 Å². The van der Waals surface area contributed by atoms with Gasteiger partial charge in [-0.05, 0) is 50.1 Å². The highest BCUT2D eigenvalue weighted by atomic mass is 16.2. The quantitative estimate of drug-likeness (QED) is 0.659. The number of carbonyl (C=O) groups excluding carboxylic acids is 1. The maximum absolute atomic E-state index is 13.3. The number of carbonyl (C=O) groups is 1. The van der Waals surface area contributed by atoms with Crippen molar-refractivity contribution in [2.45, 2.75) is 39.8 Å². The minimum Gasteiger partial charge on any atom is -0.330 e. The van der Waals surface area contributed by atoms with Crippen molar-refractivity contribution in [1.29, 1.82) is 0 Å². The van der Waals surface area contributed by atoms with Crippen molar-refractivity contribution >= 4 is 5.91 Å². The highest BCUT2D eigenvalue weighted by molar-refractivity contribution is 5.95. The van der Waals surface area contributed by atoms with Crippen LogP contribution in [0.4, 0.5) is 0 Å². The summed E-state index contributed by atoms with van der Waals surface area (Å²) in [6.07, 6.45) is 4.64. The van der Waals surface area contributed by atoms with E-state index in [1.54, 1.807) is 10.9 Å². The summed E-state index contributed by atoms with van der Waals surface area (Å²) in [5.74, 6) is 0.0263. The van der Waals surface area contributed by atoms with Gasteiger partial charge in [-0.3, -0.25) is 14.5 Å². The number of rotatable bonds is 6. The van der Waals surface area contributed by atoms with Crippen LogP contribution in [-0.4, -0.2) is 31.6 Å². The van der Waals surface area contributed by atoms with E-state index in [0.717, 1.165) is 28.9 Å². The zero-order valence-corrected chi connectivity index (χ0v) is 16.4. The summed E-state index contributed by atoms with van der Waals surface area (Å²) in [5, 5.41) is 4.41. The molecular formula is C22H26N4O. The Hall–Kier alpha value is -2.95. The number of amides is 1. The molecule has 1 amide bonds. The number of nitrogens with zero attached hydrogens (tertiary/aromatic N) is 4. The van der Waals surface area contributed by atoms with Crippen molar-refractivity contribution in [3.8, 4) is 11.1 Å². The molecule has 3 aromatic rings. The van der Waals surface area contributed by atoms with Crippen LogP contribution >= 0.6 is 0 Å². The van der Waals surface area contributed by atoms with Gasteiger partial charge in [-0.15, -0.1) is 0 Å². The van der Waals surface area contributed by atoms with E-state index in [1.807, 2.05) is 67.5 Å². The largest absolute Gasteiger partial charge is 0.330 e. The Morgan fingerprint density at radius 2 is 2.04 bits per heavy atom. The van der Waals surface area contributed by atoms with Gasteiger partial charge in [0.1, 0.15) is 0 Å². The molecule has 2 heterocycles. The molecule has 0 saturated carbocycles. The lowest BCUT2D eigenvalue weighted by molar-refractivity contribution is 0.0669. The monoisotopic (exact) mass is 362 g/mol.